The van der Waals surface area contributed by atoms with Crippen LogP contribution in [0.15, 0.2) is 40.1 Å². The fourth-order valence-electron chi connectivity index (χ4n) is 3.17. The Bertz CT molecular complexity index is 597. The molecule has 1 aromatic rings. The van der Waals surface area contributed by atoms with Gasteiger partial charge in [0.2, 0.25) is 6.29 Å². The van der Waals surface area contributed by atoms with Crippen molar-refractivity contribution >= 4 is 17.7 Å². The molecular formula is C23H34O4S. The van der Waals surface area contributed by atoms with E-state index in [0.29, 0.717) is 4.91 Å². The molecule has 0 amide bonds. The molecule has 1 aromatic carbocycles. The highest BCUT2D eigenvalue weighted by molar-refractivity contribution is 8.03. The highest BCUT2D eigenvalue weighted by Gasteiger charge is 2.24. The number of esters is 1. The van der Waals surface area contributed by atoms with Gasteiger partial charge in [0, 0.05) is 11.0 Å². The van der Waals surface area contributed by atoms with E-state index in [1.165, 1.54) is 82.0 Å². The molecule has 0 aromatic heterocycles. The number of rotatable bonds is 15. The molecule has 156 valence electrons. The zero-order chi connectivity index (χ0) is 20.0. The van der Waals surface area contributed by atoms with Crippen molar-refractivity contribution in [1.82, 2.24) is 0 Å². The van der Waals surface area contributed by atoms with Crippen LogP contribution in [-0.2, 0) is 9.53 Å². The number of aliphatic hydroxyl groups excluding tert-OH is 1. The van der Waals surface area contributed by atoms with Gasteiger partial charge in [0.15, 0.2) is 0 Å². The predicted octanol–water partition coefficient (Wildman–Crippen LogP) is 6.23. The quantitative estimate of drug-likeness (QED) is 0.276. The van der Waals surface area contributed by atoms with Crippen molar-refractivity contribution in [2.24, 2.45) is 0 Å². The summed E-state index contributed by atoms with van der Waals surface area (Å²) in [6.45, 7) is 3.01. The number of carbonyl (C=O) groups excluding carboxylic acids is 1. The standard InChI is InChI=1S/C23H34O4S/c1-2-3-4-5-6-7-8-9-10-11-12-17-26-19-13-15-20(16-14-19)28-21-18-22(24)27-23(21)25/h13-16,18,23,25H,2-12,17H2,1H3. The number of cyclic esters (lactones) is 1. The summed E-state index contributed by atoms with van der Waals surface area (Å²) >= 11 is 1.33. The van der Waals surface area contributed by atoms with Crippen molar-refractivity contribution in [3.63, 3.8) is 0 Å². The number of unbranched alkanes of at least 4 members (excludes halogenated alkanes) is 10. The van der Waals surface area contributed by atoms with Crippen LogP contribution < -0.4 is 4.74 Å². The van der Waals surface area contributed by atoms with Crippen LogP contribution in [0, 0.1) is 0 Å². The maximum atomic E-state index is 11.1. The second-order valence-electron chi connectivity index (χ2n) is 7.29. The molecule has 1 N–H and O–H groups in total. The summed E-state index contributed by atoms with van der Waals surface area (Å²) < 4.78 is 10.5. The Morgan fingerprint density at radius 3 is 2.04 bits per heavy atom. The summed E-state index contributed by atoms with van der Waals surface area (Å²) in [5, 5.41) is 9.60. The summed E-state index contributed by atoms with van der Waals surface area (Å²) in [6.07, 6.45) is 14.8. The summed E-state index contributed by atoms with van der Waals surface area (Å²) in [7, 11) is 0. The topological polar surface area (TPSA) is 55.8 Å². The largest absolute Gasteiger partial charge is 0.494 e. The number of hydrogen-bond acceptors (Lipinski definition) is 5. The number of thioether (sulfide) groups is 1. The lowest BCUT2D eigenvalue weighted by atomic mass is 10.1. The van der Waals surface area contributed by atoms with Crippen LogP contribution in [0.1, 0.15) is 77.6 Å². The number of benzene rings is 1. The third-order valence-corrected chi connectivity index (χ3v) is 5.87. The molecule has 0 bridgehead atoms. The third-order valence-electron chi connectivity index (χ3n) is 4.81. The molecule has 0 saturated carbocycles. The average Bonchev–Trinajstić information content (AvgIpc) is 3.01. The van der Waals surface area contributed by atoms with Gasteiger partial charge in [0.1, 0.15) is 5.75 Å². The highest BCUT2D eigenvalue weighted by Crippen LogP contribution is 2.33. The molecule has 1 heterocycles. The Balaban J connectivity index is 1.48. The lowest BCUT2D eigenvalue weighted by Crippen LogP contribution is -2.08. The van der Waals surface area contributed by atoms with Gasteiger partial charge in [0.05, 0.1) is 11.5 Å². The van der Waals surface area contributed by atoms with Gasteiger partial charge >= 0.3 is 5.97 Å². The van der Waals surface area contributed by atoms with Crippen molar-refractivity contribution < 1.29 is 19.4 Å². The van der Waals surface area contributed by atoms with E-state index >= 15 is 0 Å². The van der Waals surface area contributed by atoms with E-state index < -0.39 is 12.3 Å². The molecule has 0 fully saturated rings. The summed E-state index contributed by atoms with van der Waals surface area (Å²) in [4.78, 5) is 12.6. The van der Waals surface area contributed by atoms with Crippen molar-refractivity contribution in [2.45, 2.75) is 88.7 Å². The fourth-order valence-corrected chi connectivity index (χ4v) is 4.01. The first-order chi connectivity index (χ1) is 13.7. The first kappa shape index (κ1) is 22.8. The molecule has 0 saturated heterocycles. The smallest absolute Gasteiger partial charge is 0.334 e. The third kappa shape index (κ3) is 9.16. The van der Waals surface area contributed by atoms with Gasteiger partial charge in [-0.2, -0.15) is 0 Å². The molecule has 0 radical (unpaired) electrons. The number of hydrogen-bond donors (Lipinski definition) is 1. The van der Waals surface area contributed by atoms with Gasteiger partial charge in [-0.25, -0.2) is 4.79 Å². The van der Waals surface area contributed by atoms with Crippen LogP contribution in [0.3, 0.4) is 0 Å². The summed E-state index contributed by atoms with van der Waals surface area (Å²) in [5.74, 6) is 0.353. The molecule has 4 nitrogen and oxygen atoms in total. The zero-order valence-electron chi connectivity index (χ0n) is 17.0. The monoisotopic (exact) mass is 406 g/mol. The van der Waals surface area contributed by atoms with E-state index in [4.69, 9.17) is 4.74 Å². The van der Waals surface area contributed by atoms with E-state index in [-0.39, 0.29) is 0 Å². The zero-order valence-corrected chi connectivity index (χ0v) is 17.8. The number of ether oxygens (including phenoxy) is 2. The lowest BCUT2D eigenvalue weighted by Gasteiger charge is -2.09. The first-order valence-corrected chi connectivity index (χ1v) is 11.5. The van der Waals surface area contributed by atoms with Gasteiger partial charge < -0.3 is 14.6 Å². The second-order valence-corrected chi connectivity index (χ2v) is 8.44. The van der Waals surface area contributed by atoms with Crippen molar-refractivity contribution in [1.29, 1.82) is 0 Å². The number of carbonyl (C=O) groups is 1. The molecule has 5 heteroatoms. The maximum absolute atomic E-state index is 11.1. The minimum Gasteiger partial charge on any atom is -0.494 e. The van der Waals surface area contributed by atoms with Gasteiger partial charge in [-0.05, 0) is 30.7 Å². The van der Waals surface area contributed by atoms with Crippen LogP contribution in [0.5, 0.6) is 5.75 Å². The Labute approximate surface area is 173 Å². The molecule has 1 aliphatic heterocycles. The Morgan fingerprint density at radius 1 is 0.929 bits per heavy atom. The molecule has 2 rings (SSSR count). The Morgan fingerprint density at radius 2 is 1.50 bits per heavy atom. The predicted molar refractivity (Wildman–Crippen MR) is 114 cm³/mol. The van der Waals surface area contributed by atoms with E-state index in [1.807, 2.05) is 24.3 Å². The van der Waals surface area contributed by atoms with E-state index in [1.54, 1.807) is 0 Å². The van der Waals surface area contributed by atoms with Crippen molar-refractivity contribution in [2.75, 3.05) is 6.61 Å². The SMILES string of the molecule is CCCCCCCCCCCCCOc1ccc(SC2=CC(=O)OC2O)cc1. The van der Waals surface area contributed by atoms with Crippen molar-refractivity contribution in [3.05, 3.63) is 35.2 Å². The van der Waals surface area contributed by atoms with Crippen molar-refractivity contribution in [3.8, 4) is 5.75 Å². The molecular weight excluding hydrogens is 372 g/mol. The van der Waals surface area contributed by atoms with Crippen LogP contribution in [0.4, 0.5) is 0 Å². The van der Waals surface area contributed by atoms with Crippen LogP contribution in [0.25, 0.3) is 0 Å². The van der Waals surface area contributed by atoms with Crippen LogP contribution in [0.2, 0.25) is 0 Å². The molecule has 0 spiro atoms. The summed E-state index contributed by atoms with van der Waals surface area (Å²) in [6, 6.07) is 7.70. The van der Waals surface area contributed by atoms with E-state index in [2.05, 4.69) is 11.7 Å². The fraction of sp³-hybridized carbons (Fsp3) is 0.609. The molecule has 1 atom stereocenters. The van der Waals surface area contributed by atoms with E-state index in [9.17, 15) is 9.90 Å². The lowest BCUT2D eigenvalue weighted by molar-refractivity contribution is -0.150. The summed E-state index contributed by atoms with van der Waals surface area (Å²) in [5.41, 5.74) is 0. The van der Waals surface area contributed by atoms with Gasteiger partial charge in [-0.15, -0.1) is 0 Å². The van der Waals surface area contributed by atoms with Gasteiger partial charge in [-0.1, -0.05) is 82.9 Å². The highest BCUT2D eigenvalue weighted by atomic mass is 32.2. The van der Waals surface area contributed by atoms with Gasteiger partial charge in [-0.3, -0.25) is 0 Å². The molecule has 28 heavy (non-hydrogen) atoms. The molecule has 1 aliphatic rings. The maximum Gasteiger partial charge on any atom is 0.334 e. The van der Waals surface area contributed by atoms with Crippen LogP contribution >= 0.6 is 11.8 Å². The first-order valence-electron chi connectivity index (χ1n) is 10.7. The molecule has 1 unspecified atom stereocenters. The second kappa shape index (κ2) is 13.7. The normalized spacial score (nSPS) is 16.1. The Kier molecular flexibility index (Phi) is 11.1. The van der Waals surface area contributed by atoms with Crippen LogP contribution in [-0.4, -0.2) is 24.0 Å². The minimum atomic E-state index is -1.14. The minimum absolute atomic E-state index is 0.498. The van der Waals surface area contributed by atoms with Gasteiger partial charge in [0.25, 0.3) is 0 Å². The number of aliphatic hydroxyl groups is 1. The average molecular weight is 407 g/mol. The van der Waals surface area contributed by atoms with E-state index in [0.717, 1.165) is 23.7 Å². The Hall–Kier alpha value is -1.46. The molecule has 0 aliphatic carbocycles.